The first kappa shape index (κ1) is 33.6. The van der Waals surface area contributed by atoms with Gasteiger partial charge in [0.05, 0.1) is 27.7 Å². The first-order valence-electron chi connectivity index (χ1n) is 14.8. The topological polar surface area (TPSA) is 96.0 Å². The minimum absolute atomic E-state index is 0.0306. The number of ether oxygens (including phenoxy) is 1. The van der Waals surface area contributed by atoms with E-state index in [4.69, 9.17) is 27.9 Å². The summed E-state index contributed by atoms with van der Waals surface area (Å²) in [4.78, 5) is 29.5. The van der Waals surface area contributed by atoms with Gasteiger partial charge in [0.15, 0.2) is 0 Å². The quantitative estimate of drug-likeness (QED) is 0.232. The summed E-state index contributed by atoms with van der Waals surface area (Å²) in [5, 5.41) is 3.83. The molecule has 0 aliphatic heterocycles. The molecule has 3 aromatic rings. The van der Waals surface area contributed by atoms with E-state index in [-0.39, 0.29) is 29.1 Å². The normalized spacial score (nSPS) is 14.5. The van der Waals surface area contributed by atoms with Crippen LogP contribution in [-0.2, 0) is 26.2 Å². The highest BCUT2D eigenvalue weighted by atomic mass is 35.5. The van der Waals surface area contributed by atoms with Gasteiger partial charge in [0.1, 0.15) is 18.3 Å². The van der Waals surface area contributed by atoms with E-state index in [1.165, 1.54) is 24.1 Å². The predicted octanol–water partition coefficient (Wildman–Crippen LogP) is 6.76. The van der Waals surface area contributed by atoms with E-state index in [0.717, 1.165) is 42.0 Å². The van der Waals surface area contributed by atoms with Gasteiger partial charge in [0.2, 0.25) is 11.8 Å². The second kappa shape index (κ2) is 15.1. The van der Waals surface area contributed by atoms with Gasteiger partial charge in [-0.15, -0.1) is 0 Å². The highest BCUT2D eigenvalue weighted by Crippen LogP contribution is 2.29. The number of aryl methyl sites for hydroxylation is 1. The van der Waals surface area contributed by atoms with Crippen molar-refractivity contribution < 1.29 is 22.7 Å². The molecule has 1 atom stereocenters. The first-order valence-corrected chi connectivity index (χ1v) is 17.0. The van der Waals surface area contributed by atoms with Crippen molar-refractivity contribution in [2.24, 2.45) is 0 Å². The van der Waals surface area contributed by atoms with E-state index in [2.05, 4.69) is 5.32 Å². The number of methoxy groups -OCH3 is 1. The third kappa shape index (κ3) is 8.25. The minimum Gasteiger partial charge on any atom is -0.497 e. The Morgan fingerprint density at radius 2 is 1.68 bits per heavy atom. The summed E-state index contributed by atoms with van der Waals surface area (Å²) in [6.07, 6.45) is 5.33. The van der Waals surface area contributed by atoms with Gasteiger partial charge in [-0.2, -0.15) is 0 Å². The fraction of sp³-hybridized carbons (Fsp3) is 0.394. The lowest BCUT2D eigenvalue weighted by Gasteiger charge is -2.34. The summed E-state index contributed by atoms with van der Waals surface area (Å²) in [6, 6.07) is 17.2. The molecule has 11 heteroatoms. The smallest absolute Gasteiger partial charge is 0.264 e. The van der Waals surface area contributed by atoms with Crippen LogP contribution in [0.25, 0.3) is 0 Å². The van der Waals surface area contributed by atoms with Gasteiger partial charge in [0.25, 0.3) is 10.0 Å². The lowest BCUT2D eigenvalue weighted by Crippen LogP contribution is -2.54. The number of hydrogen-bond acceptors (Lipinski definition) is 5. The van der Waals surface area contributed by atoms with Crippen LogP contribution in [0.15, 0.2) is 71.6 Å². The second-order valence-corrected chi connectivity index (χ2v) is 13.7. The number of benzene rings is 3. The molecule has 44 heavy (non-hydrogen) atoms. The highest BCUT2D eigenvalue weighted by Gasteiger charge is 2.34. The number of nitrogens with one attached hydrogen (secondary N) is 1. The monoisotopic (exact) mass is 659 g/mol. The maximum absolute atomic E-state index is 14.3. The van der Waals surface area contributed by atoms with Crippen LogP contribution < -0.4 is 14.4 Å². The molecule has 0 unspecified atom stereocenters. The molecule has 0 bridgehead atoms. The van der Waals surface area contributed by atoms with Crippen LogP contribution in [-0.4, -0.2) is 50.9 Å². The standard InChI is InChI=1S/C33H39Cl2N3O5S/c1-4-31(33(40)36-25-9-6-5-7-10-25)37(21-24-15-18-29(34)30(35)19-24)32(39)22-38(26-11-8-12-27(20-26)43-3)44(41,42)28-16-13-23(2)14-17-28/h8,11-20,25,31H,4-7,9-10,21-22H2,1-3H3,(H,36,40)/t31-/m1/s1. The minimum atomic E-state index is -4.19. The van der Waals surface area contributed by atoms with Crippen molar-refractivity contribution in [3.63, 3.8) is 0 Å². The second-order valence-electron chi connectivity index (χ2n) is 11.1. The Balaban J connectivity index is 1.73. The van der Waals surface area contributed by atoms with Crippen molar-refractivity contribution in [3.8, 4) is 5.75 Å². The highest BCUT2D eigenvalue weighted by molar-refractivity contribution is 7.92. The zero-order valence-electron chi connectivity index (χ0n) is 25.3. The third-order valence-corrected chi connectivity index (χ3v) is 10.4. The Morgan fingerprint density at radius 3 is 2.32 bits per heavy atom. The zero-order valence-corrected chi connectivity index (χ0v) is 27.6. The molecule has 1 aliphatic carbocycles. The number of anilines is 1. The first-order chi connectivity index (χ1) is 21.0. The number of nitrogens with zero attached hydrogens (tertiary/aromatic N) is 2. The predicted molar refractivity (Wildman–Crippen MR) is 175 cm³/mol. The van der Waals surface area contributed by atoms with Gasteiger partial charge in [-0.1, -0.05) is 79.2 Å². The summed E-state index contributed by atoms with van der Waals surface area (Å²) in [5.74, 6) is -0.368. The van der Waals surface area contributed by atoms with E-state index in [1.807, 2.05) is 13.8 Å². The maximum Gasteiger partial charge on any atom is 0.264 e. The summed E-state index contributed by atoms with van der Waals surface area (Å²) in [5.41, 5.74) is 1.81. The maximum atomic E-state index is 14.3. The summed E-state index contributed by atoms with van der Waals surface area (Å²) >= 11 is 12.4. The molecule has 1 fully saturated rings. The van der Waals surface area contributed by atoms with E-state index in [0.29, 0.717) is 27.8 Å². The fourth-order valence-electron chi connectivity index (χ4n) is 5.43. The van der Waals surface area contributed by atoms with E-state index >= 15 is 0 Å². The average molecular weight is 661 g/mol. The van der Waals surface area contributed by atoms with Gasteiger partial charge in [-0.3, -0.25) is 13.9 Å². The number of hydrogen-bond donors (Lipinski definition) is 1. The molecule has 0 saturated heterocycles. The Kier molecular flexibility index (Phi) is 11.6. The molecule has 0 aromatic heterocycles. The summed E-state index contributed by atoms with van der Waals surface area (Å²) in [6.45, 7) is 3.19. The van der Waals surface area contributed by atoms with Crippen molar-refractivity contribution in [2.75, 3.05) is 18.0 Å². The van der Waals surface area contributed by atoms with Crippen molar-refractivity contribution in [1.82, 2.24) is 10.2 Å². The number of amides is 2. The SMILES string of the molecule is CC[C@H](C(=O)NC1CCCCC1)N(Cc1ccc(Cl)c(Cl)c1)C(=O)CN(c1cccc(OC)c1)S(=O)(=O)c1ccc(C)cc1. The van der Waals surface area contributed by atoms with Crippen molar-refractivity contribution in [2.45, 2.75) is 75.9 Å². The fourth-order valence-corrected chi connectivity index (χ4v) is 7.16. The van der Waals surface area contributed by atoms with Crippen LogP contribution in [0.4, 0.5) is 5.69 Å². The molecule has 0 spiro atoms. The van der Waals surface area contributed by atoms with Crippen molar-refractivity contribution in [3.05, 3.63) is 87.9 Å². The molecule has 4 rings (SSSR count). The van der Waals surface area contributed by atoms with E-state index in [9.17, 15) is 18.0 Å². The van der Waals surface area contributed by atoms with Gasteiger partial charge in [0, 0.05) is 18.7 Å². The number of carbonyl (C=O) groups excluding carboxylic acids is 2. The van der Waals surface area contributed by atoms with Crippen LogP contribution in [0.3, 0.4) is 0 Å². The van der Waals surface area contributed by atoms with Crippen molar-refractivity contribution in [1.29, 1.82) is 0 Å². The van der Waals surface area contributed by atoms with Crippen LogP contribution >= 0.6 is 23.2 Å². The molecule has 0 radical (unpaired) electrons. The lowest BCUT2D eigenvalue weighted by atomic mass is 9.95. The van der Waals surface area contributed by atoms with Crippen molar-refractivity contribution >= 4 is 50.7 Å². The van der Waals surface area contributed by atoms with Gasteiger partial charge >= 0.3 is 0 Å². The van der Waals surface area contributed by atoms with E-state index < -0.39 is 28.5 Å². The summed E-state index contributed by atoms with van der Waals surface area (Å²) < 4.78 is 34.6. The molecule has 1 saturated carbocycles. The molecule has 8 nitrogen and oxygen atoms in total. The molecular formula is C33H39Cl2N3O5S. The average Bonchev–Trinajstić information content (AvgIpc) is 3.02. The number of rotatable bonds is 12. The zero-order chi connectivity index (χ0) is 31.9. The molecule has 0 heterocycles. The molecule has 1 N–H and O–H groups in total. The molecule has 236 valence electrons. The molecule has 3 aromatic carbocycles. The largest absolute Gasteiger partial charge is 0.497 e. The van der Waals surface area contributed by atoms with E-state index in [1.54, 1.807) is 54.6 Å². The van der Waals surface area contributed by atoms with Crippen LogP contribution in [0.1, 0.15) is 56.6 Å². The number of halogens is 2. The molecule has 2 amide bonds. The number of sulfonamides is 1. The molecular weight excluding hydrogens is 621 g/mol. The van der Waals surface area contributed by atoms with Crippen LogP contribution in [0.2, 0.25) is 10.0 Å². The molecule has 1 aliphatic rings. The van der Waals surface area contributed by atoms with Gasteiger partial charge in [-0.25, -0.2) is 8.42 Å². The van der Waals surface area contributed by atoms with Gasteiger partial charge in [-0.05, 0) is 68.1 Å². The van der Waals surface area contributed by atoms with Crippen LogP contribution in [0.5, 0.6) is 5.75 Å². The number of carbonyl (C=O) groups is 2. The Labute approximate surface area is 270 Å². The Hall–Kier alpha value is -3.27. The van der Waals surface area contributed by atoms with Gasteiger partial charge < -0.3 is 15.0 Å². The summed E-state index contributed by atoms with van der Waals surface area (Å²) in [7, 11) is -2.71. The third-order valence-electron chi connectivity index (χ3n) is 7.90. The Morgan fingerprint density at radius 1 is 0.977 bits per heavy atom. The Bertz CT molecular complexity index is 1560. The lowest BCUT2D eigenvalue weighted by molar-refractivity contribution is -0.140. The van der Waals surface area contributed by atoms with Crippen LogP contribution in [0, 0.1) is 6.92 Å².